The molecule has 0 spiro atoms. The quantitative estimate of drug-likeness (QED) is 0.304. The molecule has 3 nitrogen and oxygen atoms in total. The molecule has 1 aromatic rings. The van der Waals surface area contributed by atoms with E-state index in [2.05, 4.69) is 52.6 Å². The van der Waals surface area contributed by atoms with Crippen LogP contribution >= 0.6 is 22.6 Å². The predicted molar refractivity (Wildman–Crippen MR) is 95.5 cm³/mol. The van der Waals surface area contributed by atoms with E-state index in [1.807, 2.05) is 12.1 Å². The number of nitrogens with zero attached hydrogens (tertiary/aromatic N) is 1. The Morgan fingerprint density at radius 1 is 1.38 bits per heavy atom. The molecule has 1 heterocycles. The van der Waals surface area contributed by atoms with Crippen molar-refractivity contribution in [3.05, 3.63) is 32.7 Å². The second-order valence-corrected chi connectivity index (χ2v) is 6.22. The van der Waals surface area contributed by atoms with Gasteiger partial charge in [0.1, 0.15) is 6.29 Å². The highest BCUT2D eigenvalue weighted by molar-refractivity contribution is 14.1. The number of hydrogen-bond acceptors (Lipinski definition) is 3. The maximum atomic E-state index is 10.3. The zero-order chi connectivity index (χ0) is 15.7. The molecule has 0 aliphatic heterocycles. The van der Waals surface area contributed by atoms with Crippen LogP contribution in [0.4, 0.5) is 0 Å². The smallest absolute Gasteiger partial charge is 0.159 e. The van der Waals surface area contributed by atoms with Crippen LogP contribution in [0.2, 0.25) is 0 Å². The van der Waals surface area contributed by atoms with Crippen molar-refractivity contribution in [2.45, 2.75) is 58.8 Å². The molecule has 0 aliphatic rings. The third-order valence-electron chi connectivity index (χ3n) is 3.49. The molecule has 1 rings (SSSR count). The van der Waals surface area contributed by atoms with Crippen LogP contribution in [0.3, 0.4) is 0 Å². The molecule has 0 saturated heterocycles. The van der Waals surface area contributed by atoms with Crippen molar-refractivity contribution in [1.29, 1.82) is 0 Å². The Morgan fingerprint density at radius 2 is 2.14 bits per heavy atom. The Hall–Kier alpha value is -0.910. The molecule has 0 N–H and O–H groups in total. The molecule has 0 bridgehead atoms. The standard InChI is InChI=1S/C17H24INO2/c1-13(6-4-5-9-20)10-16-11-17(19-21-16)15(3)8-7-14(2)12-18/h9-12,15H,4-8H2,1-3H3/b13-10-,14-12+. The first-order valence-electron chi connectivity index (χ1n) is 7.40. The summed E-state index contributed by atoms with van der Waals surface area (Å²) in [6.07, 6.45) is 7.59. The van der Waals surface area contributed by atoms with Gasteiger partial charge in [-0.15, -0.1) is 0 Å². The number of carbonyl (C=O) groups is 1. The number of allylic oxidation sites excluding steroid dienone is 2. The van der Waals surface area contributed by atoms with Gasteiger partial charge in [-0.2, -0.15) is 0 Å². The van der Waals surface area contributed by atoms with Crippen LogP contribution in [0.25, 0.3) is 6.08 Å². The summed E-state index contributed by atoms with van der Waals surface area (Å²) >= 11 is 2.28. The third-order valence-corrected chi connectivity index (χ3v) is 4.55. The SMILES string of the molecule is C/C(=C/c1cc(C(C)CC/C(C)=C/I)no1)CCCC=O. The molecular weight excluding hydrogens is 377 g/mol. The van der Waals surface area contributed by atoms with Gasteiger partial charge in [-0.25, -0.2) is 0 Å². The lowest BCUT2D eigenvalue weighted by Crippen LogP contribution is -1.93. The lowest BCUT2D eigenvalue weighted by molar-refractivity contribution is -0.107. The van der Waals surface area contributed by atoms with Gasteiger partial charge in [-0.1, -0.05) is 45.8 Å². The van der Waals surface area contributed by atoms with Crippen molar-refractivity contribution in [2.75, 3.05) is 0 Å². The summed E-state index contributed by atoms with van der Waals surface area (Å²) in [6, 6.07) is 2.02. The van der Waals surface area contributed by atoms with E-state index in [9.17, 15) is 4.79 Å². The summed E-state index contributed by atoms with van der Waals surface area (Å²) in [5.74, 6) is 1.21. The van der Waals surface area contributed by atoms with E-state index in [1.165, 1.54) is 11.1 Å². The first kappa shape index (κ1) is 18.1. The molecule has 0 saturated carbocycles. The van der Waals surface area contributed by atoms with Gasteiger partial charge >= 0.3 is 0 Å². The minimum absolute atomic E-state index is 0.401. The van der Waals surface area contributed by atoms with E-state index in [1.54, 1.807) is 0 Å². The maximum absolute atomic E-state index is 10.3. The molecule has 0 amide bonds. The Balaban J connectivity index is 2.55. The molecule has 1 aromatic heterocycles. The summed E-state index contributed by atoms with van der Waals surface area (Å²) < 4.78 is 7.51. The first-order chi connectivity index (χ1) is 10.1. The fraction of sp³-hybridized carbons (Fsp3) is 0.529. The highest BCUT2D eigenvalue weighted by Gasteiger charge is 2.11. The van der Waals surface area contributed by atoms with E-state index in [4.69, 9.17) is 4.52 Å². The third kappa shape index (κ3) is 7.07. The van der Waals surface area contributed by atoms with E-state index < -0.39 is 0 Å². The molecule has 21 heavy (non-hydrogen) atoms. The van der Waals surface area contributed by atoms with Gasteiger partial charge in [-0.05, 0) is 49.7 Å². The average Bonchev–Trinajstić information content (AvgIpc) is 2.93. The second-order valence-electron chi connectivity index (χ2n) is 5.60. The molecule has 1 atom stereocenters. The van der Waals surface area contributed by atoms with E-state index in [0.29, 0.717) is 12.3 Å². The second kappa shape index (κ2) is 9.92. The van der Waals surface area contributed by atoms with Gasteiger partial charge in [0, 0.05) is 18.4 Å². The number of carbonyl (C=O) groups excluding carboxylic acids is 1. The van der Waals surface area contributed by atoms with E-state index in [0.717, 1.165) is 43.4 Å². The van der Waals surface area contributed by atoms with Crippen molar-refractivity contribution in [1.82, 2.24) is 5.16 Å². The fourth-order valence-electron chi connectivity index (χ4n) is 2.03. The Kier molecular flexibility index (Phi) is 8.57. The van der Waals surface area contributed by atoms with E-state index >= 15 is 0 Å². The molecule has 116 valence electrons. The minimum Gasteiger partial charge on any atom is -0.357 e. The van der Waals surface area contributed by atoms with Crippen molar-refractivity contribution < 1.29 is 9.32 Å². The van der Waals surface area contributed by atoms with Crippen molar-refractivity contribution >= 4 is 35.0 Å². The molecule has 4 heteroatoms. The van der Waals surface area contributed by atoms with Gasteiger partial charge in [-0.3, -0.25) is 0 Å². The van der Waals surface area contributed by atoms with Gasteiger partial charge in [0.25, 0.3) is 0 Å². The van der Waals surface area contributed by atoms with Gasteiger partial charge in [0.2, 0.25) is 0 Å². The predicted octanol–water partition coefficient (Wildman–Crippen LogP) is 5.67. The zero-order valence-electron chi connectivity index (χ0n) is 13.1. The Labute approximate surface area is 141 Å². The normalized spacial score (nSPS) is 14.3. The lowest BCUT2D eigenvalue weighted by Gasteiger charge is -2.06. The molecule has 0 aliphatic carbocycles. The summed E-state index contributed by atoms with van der Waals surface area (Å²) in [7, 11) is 0. The first-order valence-corrected chi connectivity index (χ1v) is 8.64. The van der Waals surface area contributed by atoms with Gasteiger partial charge in [0.05, 0.1) is 5.69 Å². The monoisotopic (exact) mass is 401 g/mol. The van der Waals surface area contributed by atoms with Crippen LogP contribution in [0, 0.1) is 0 Å². The highest BCUT2D eigenvalue weighted by Crippen LogP contribution is 2.24. The Morgan fingerprint density at radius 3 is 2.81 bits per heavy atom. The fourth-order valence-corrected chi connectivity index (χ4v) is 2.34. The molecule has 0 radical (unpaired) electrons. The van der Waals surface area contributed by atoms with Crippen LogP contribution in [0.5, 0.6) is 0 Å². The number of halogens is 1. The average molecular weight is 401 g/mol. The number of aldehydes is 1. The largest absolute Gasteiger partial charge is 0.357 e. The Bertz CT molecular complexity index is 503. The topological polar surface area (TPSA) is 43.1 Å². The number of unbranched alkanes of at least 4 members (excludes halogenated alkanes) is 1. The van der Waals surface area contributed by atoms with Crippen molar-refractivity contribution in [3.63, 3.8) is 0 Å². The molecule has 0 aromatic carbocycles. The van der Waals surface area contributed by atoms with Crippen molar-refractivity contribution in [3.8, 4) is 0 Å². The summed E-state index contributed by atoms with van der Waals surface area (Å²) in [5.41, 5.74) is 3.64. The van der Waals surface area contributed by atoms with E-state index in [-0.39, 0.29) is 0 Å². The van der Waals surface area contributed by atoms with Crippen LogP contribution in [-0.4, -0.2) is 11.4 Å². The number of rotatable bonds is 9. The molecular formula is C17H24INO2. The van der Waals surface area contributed by atoms with Gasteiger partial charge < -0.3 is 9.32 Å². The van der Waals surface area contributed by atoms with Crippen LogP contribution in [0.1, 0.15) is 70.2 Å². The van der Waals surface area contributed by atoms with Crippen molar-refractivity contribution in [2.24, 2.45) is 0 Å². The highest BCUT2D eigenvalue weighted by atomic mass is 127. The molecule has 1 unspecified atom stereocenters. The summed E-state index contributed by atoms with van der Waals surface area (Å²) in [5, 5.41) is 4.17. The van der Waals surface area contributed by atoms with Crippen LogP contribution in [0.15, 0.2) is 25.8 Å². The van der Waals surface area contributed by atoms with Crippen LogP contribution in [-0.2, 0) is 4.79 Å². The number of aromatic nitrogens is 1. The minimum atomic E-state index is 0.401. The van der Waals surface area contributed by atoms with Gasteiger partial charge in [0.15, 0.2) is 5.76 Å². The maximum Gasteiger partial charge on any atom is 0.159 e. The van der Waals surface area contributed by atoms with Crippen LogP contribution < -0.4 is 0 Å². The summed E-state index contributed by atoms with van der Waals surface area (Å²) in [4.78, 5) is 10.3. The lowest BCUT2D eigenvalue weighted by atomic mass is 9.99. The zero-order valence-corrected chi connectivity index (χ0v) is 15.2. The molecule has 0 fully saturated rings. The number of hydrogen-bond donors (Lipinski definition) is 0. The summed E-state index contributed by atoms with van der Waals surface area (Å²) in [6.45, 7) is 6.40.